The third kappa shape index (κ3) is 3.63. The van der Waals surface area contributed by atoms with Gasteiger partial charge in [0.05, 0.1) is 12.8 Å². The maximum atomic E-state index is 12.3. The zero-order valence-corrected chi connectivity index (χ0v) is 15.5. The second-order valence-corrected chi connectivity index (χ2v) is 6.86. The molecule has 0 spiro atoms. The molecule has 8 nitrogen and oxygen atoms in total. The molecule has 0 atom stereocenters. The molecule has 2 N–H and O–H groups in total. The van der Waals surface area contributed by atoms with E-state index in [1.807, 2.05) is 31.2 Å². The van der Waals surface area contributed by atoms with Gasteiger partial charge < -0.3 is 15.4 Å². The van der Waals surface area contributed by atoms with Crippen LogP contribution in [0.15, 0.2) is 24.3 Å². The molecule has 8 heteroatoms. The minimum atomic E-state index is -0.574. The van der Waals surface area contributed by atoms with Gasteiger partial charge in [0.1, 0.15) is 11.3 Å². The van der Waals surface area contributed by atoms with E-state index in [1.54, 1.807) is 11.8 Å². The van der Waals surface area contributed by atoms with Gasteiger partial charge in [-0.25, -0.2) is 4.79 Å². The van der Waals surface area contributed by atoms with E-state index in [2.05, 4.69) is 33.1 Å². The summed E-state index contributed by atoms with van der Waals surface area (Å²) >= 11 is 0. The Labute approximate surface area is 153 Å². The molecule has 1 aliphatic carbocycles. The molecule has 2 aromatic rings. The molecule has 0 saturated heterocycles. The summed E-state index contributed by atoms with van der Waals surface area (Å²) in [6.45, 7) is 4.71. The Balaban J connectivity index is 1.96. The van der Waals surface area contributed by atoms with Crippen LogP contribution in [0, 0.1) is 5.92 Å². The molecule has 140 valence electrons. The molecular formula is C18H26N6O2. The summed E-state index contributed by atoms with van der Waals surface area (Å²) in [4.78, 5) is 12.3. The van der Waals surface area contributed by atoms with Gasteiger partial charge >= 0.3 is 6.03 Å². The van der Waals surface area contributed by atoms with Crippen LogP contribution in [-0.4, -0.2) is 39.9 Å². The zero-order valence-electron chi connectivity index (χ0n) is 15.5. The van der Waals surface area contributed by atoms with Crippen LogP contribution >= 0.6 is 0 Å². The highest BCUT2D eigenvalue weighted by Gasteiger charge is 2.42. The fourth-order valence-electron chi connectivity index (χ4n) is 3.46. The fourth-order valence-corrected chi connectivity index (χ4v) is 3.46. The van der Waals surface area contributed by atoms with Crippen LogP contribution in [0.3, 0.4) is 0 Å². The molecule has 1 aromatic carbocycles. The molecule has 26 heavy (non-hydrogen) atoms. The second-order valence-electron chi connectivity index (χ2n) is 6.86. The Bertz CT molecular complexity index is 734. The largest absolute Gasteiger partial charge is 0.497 e. The van der Waals surface area contributed by atoms with E-state index in [4.69, 9.17) is 4.74 Å². The van der Waals surface area contributed by atoms with Gasteiger partial charge in [0.2, 0.25) is 0 Å². The van der Waals surface area contributed by atoms with Gasteiger partial charge in [-0.1, -0.05) is 6.92 Å². The lowest BCUT2D eigenvalue weighted by Gasteiger charge is -2.38. The van der Waals surface area contributed by atoms with Crippen molar-refractivity contribution in [2.45, 2.75) is 45.1 Å². The highest BCUT2D eigenvalue weighted by atomic mass is 16.5. The minimum Gasteiger partial charge on any atom is -0.497 e. The predicted molar refractivity (Wildman–Crippen MR) is 97.2 cm³/mol. The Morgan fingerprint density at radius 1 is 1.31 bits per heavy atom. The molecule has 0 bridgehead atoms. The Morgan fingerprint density at radius 2 is 2.00 bits per heavy atom. The lowest BCUT2D eigenvalue weighted by molar-refractivity contribution is 0.176. The number of nitrogens with zero attached hydrogens (tertiary/aromatic N) is 4. The summed E-state index contributed by atoms with van der Waals surface area (Å²) in [6.07, 6.45) is 3.65. The summed E-state index contributed by atoms with van der Waals surface area (Å²) < 4.78 is 6.93. The molecule has 0 aliphatic heterocycles. The van der Waals surface area contributed by atoms with Gasteiger partial charge in [0.15, 0.2) is 5.82 Å². The van der Waals surface area contributed by atoms with Crippen LogP contribution < -0.4 is 15.4 Å². The summed E-state index contributed by atoms with van der Waals surface area (Å²) in [5.41, 5.74) is 0.261. The van der Waals surface area contributed by atoms with E-state index in [-0.39, 0.29) is 6.03 Å². The molecule has 1 aromatic heterocycles. The first-order valence-electron chi connectivity index (χ1n) is 9.07. The zero-order chi connectivity index (χ0) is 18.6. The van der Waals surface area contributed by atoms with Crippen molar-refractivity contribution in [3.63, 3.8) is 0 Å². The minimum absolute atomic E-state index is 0.189. The number of hydrogen-bond acceptors (Lipinski definition) is 5. The Hall–Kier alpha value is -2.64. The van der Waals surface area contributed by atoms with Gasteiger partial charge in [-0.3, -0.25) is 0 Å². The topological polar surface area (TPSA) is 94.0 Å². The number of urea groups is 1. The summed E-state index contributed by atoms with van der Waals surface area (Å²) in [7, 11) is 1.63. The van der Waals surface area contributed by atoms with Crippen molar-refractivity contribution in [2.24, 2.45) is 5.92 Å². The van der Waals surface area contributed by atoms with Crippen LogP contribution in [-0.2, 0) is 5.54 Å². The molecule has 1 fully saturated rings. The van der Waals surface area contributed by atoms with Gasteiger partial charge in [0.25, 0.3) is 0 Å². The first kappa shape index (κ1) is 18.2. The number of ether oxygens (including phenoxy) is 1. The van der Waals surface area contributed by atoms with Crippen LogP contribution in [0.1, 0.15) is 45.4 Å². The van der Waals surface area contributed by atoms with Gasteiger partial charge in [-0.05, 0) is 73.2 Å². The number of tetrazole rings is 1. The van der Waals surface area contributed by atoms with E-state index < -0.39 is 5.54 Å². The quantitative estimate of drug-likeness (QED) is 0.856. The monoisotopic (exact) mass is 358 g/mol. The molecule has 3 rings (SSSR count). The van der Waals surface area contributed by atoms with Crippen molar-refractivity contribution in [3.8, 4) is 11.4 Å². The number of carbonyl (C=O) groups is 1. The molecule has 1 heterocycles. The number of amides is 2. The molecule has 0 unspecified atom stereocenters. The van der Waals surface area contributed by atoms with E-state index in [0.717, 1.165) is 37.1 Å². The van der Waals surface area contributed by atoms with E-state index >= 15 is 0 Å². The molecule has 2 amide bonds. The lowest BCUT2D eigenvalue weighted by atomic mass is 9.76. The molecule has 1 saturated carbocycles. The third-order valence-corrected chi connectivity index (χ3v) is 5.03. The predicted octanol–water partition coefficient (Wildman–Crippen LogP) is 2.40. The number of carbonyl (C=O) groups excluding carboxylic acids is 1. The number of benzene rings is 1. The van der Waals surface area contributed by atoms with E-state index in [1.165, 1.54) is 0 Å². The SMILES string of the molecule is CCNC(=O)NC1(c2nnnn2-c2ccc(OC)cc2)CCC(C)CC1. The lowest BCUT2D eigenvalue weighted by Crippen LogP contribution is -2.53. The van der Waals surface area contributed by atoms with Gasteiger partial charge in [0, 0.05) is 6.54 Å². The van der Waals surface area contributed by atoms with Crippen molar-refractivity contribution in [2.75, 3.05) is 13.7 Å². The maximum Gasteiger partial charge on any atom is 0.315 e. The number of rotatable bonds is 5. The molecule has 1 aliphatic rings. The maximum absolute atomic E-state index is 12.3. The summed E-state index contributed by atoms with van der Waals surface area (Å²) in [6, 6.07) is 7.36. The fraction of sp³-hybridized carbons (Fsp3) is 0.556. The van der Waals surface area contributed by atoms with Crippen LogP contribution in [0.5, 0.6) is 5.75 Å². The Morgan fingerprint density at radius 3 is 2.62 bits per heavy atom. The standard InChI is InChI=1S/C18H26N6O2/c1-4-19-17(25)20-18(11-9-13(2)10-12-18)16-21-22-23-24(16)14-5-7-15(26-3)8-6-14/h5-8,13H,4,9-12H2,1-3H3,(H2,19,20,25). The highest BCUT2D eigenvalue weighted by Crippen LogP contribution is 2.39. The molecular weight excluding hydrogens is 332 g/mol. The summed E-state index contributed by atoms with van der Waals surface area (Å²) in [5.74, 6) is 2.07. The van der Waals surface area contributed by atoms with Crippen molar-refractivity contribution in [3.05, 3.63) is 30.1 Å². The first-order chi connectivity index (χ1) is 12.6. The first-order valence-corrected chi connectivity index (χ1v) is 9.07. The van der Waals surface area contributed by atoms with Crippen molar-refractivity contribution in [1.29, 1.82) is 0 Å². The van der Waals surface area contributed by atoms with Crippen LogP contribution in [0.2, 0.25) is 0 Å². The average Bonchev–Trinajstić information content (AvgIpc) is 3.14. The van der Waals surface area contributed by atoms with Gasteiger partial charge in [-0.15, -0.1) is 5.10 Å². The molecule has 0 radical (unpaired) electrons. The number of aromatic nitrogens is 4. The highest BCUT2D eigenvalue weighted by molar-refractivity contribution is 5.74. The number of nitrogens with one attached hydrogen (secondary N) is 2. The van der Waals surface area contributed by atoms with Crippen molar-refractivity contribution >= 4 is 6.03 Å². The van der Waals surface area contributed by atoms with Gasteiger partial charge in [-0.2, -0.15) is 4.68 Å². The van der Waals surface area contributed by atoms with Crippen molar-refractivity contribution in [1.82, 2.24) is 30.8 Å². The number of hydrogen-bond donors (Lipinski definition) is 2. The van der Waals surface area contributed by atoms with E-state index in [0.29, 0.717) is 18.3 Å². The number of methoxy groups -OCH3 is 1. The van der Waals surface area contributed by atoms with Crippen molar-refractivity contribution < 1.29 is 9.53 Å². The Kier molecular flexibility index (Phi) is 5.39. The second kappa shape index (κ2) is 7.72. The van der Waals surface area contributed by atoms with E-state index in [9.17, 15) is 4.79 Å². The average molecular weight is 358 g/mol. The van der Waals surface area contributed by atoms with Crippen LogP contribution in [0.25, 0.3) is 5.69 Å². The summed E-state index contributed by atoms with van der Waals surface area (Å²) in [5, 5.41) is 18.3. The normalized spacial score (nSPS) is 22.7. The smallest absolute Gasteiger partial charge is 0.315 e. The third-order valence-electron chi connectivity index (χ3n) is 5.03. The van der Waals surface area contributed by atoms with Crippen LogP contribution in [0.4, 0.5) is 4.79 Å².